The monoisotopic (exact) mass is 359 g/mol. The summed E-state index contributed by atoms with van der Waals surface area (Å²) in [6, 6.07) is 6.60. The summed E-state index contributed by atoms with van der Waals surface area (Å²) >= 11 is 0. The van der Waals surface area contributed by atoms with Crippen LogP contribution in [0.15, 0.2) is 28.8 Å². The lowest BCUT2D eigenvalue weighted by Crippen LogP contribution is -2.54. The van der Waals surface area contributed by atoms with E-state index in [9.17, 15) is 9.18 Å². The molecule has 7 heteroatoms. The Bertz CT molecular complexity index is 784. The molecule has 26 heavy (non-hydrogen) atoms. The lowest BCUT2D eigenvalue weighted by molar-refractivity contribution is -0.146. The molecule has 4 rings (SSSR count). The lowest BCUT2D eigenvalue weighted by Gasteiger charge is -2.39. The van der Waals surface area contributed by atoms with Crippen LogP contribution in [0.4, 0.5) is 4.39 Å². The quantitative estimate of drug-likeness (QED) is 0.760. The van der Waals surface area contributed by atoms with E-state index in [4.69, 9.17) is 9.26 Å². The predicted octanol–water partition coefficient (Wildman–Crippen LogP) is 3.01. The second-order valence-electron chi connectivity index (χ2n) is 7.18. The topological polar surface area (TPSA) is 68.5 Å². The highest BCUT2D eigenvalue weighted by atomic mass is 19.1. The van der Waals surface area contributed by atoms with Crippen molar-refractivity contribution in [3.8, 4) is 0 Å². The number of benzene rings is 1. The van der Waals surface area contributed by atoms with Gasteiger partial charge in [0.15, 0.2) is 5.82 Å². The first kappa shape index (κ1) is 17.1. The maximum absolute atomic E-state index is 13.8. The van der Waals surface area contributed by atoms with Gasteiger partial charge in [-0.2, -0.15) is 4.98 Å². The molecule has 2 aliphatic rings. The Labute approximate surface area is 151 Å². The van der Waals surface area contributed by atoms with E-state index < -0.39 is 0 Å². The van der Waals surface area contributed by atoms with E-state index in [2.05, 4.69) is 10.1 Å². The lowest BCUT2D eigenvalue weighted by atomic mass is 9.96. The normalized spacial score (nSPS) is 18.6. The van der Waals surface area contributed by atoms with Gasteiger partial charge in [-0.05, 0) is 30.4 Å². The van der Waals surface area contributed by atoms with Crippen molar-refractivity contribution in [2.75, 3.05) is 13.1 Å². The first-order valence-corrected chi connectivity index (χ1v) is 9.06. The molecule has 0 bridgehead atoms. The van der Waals surface area contributed by atoms with Gasteiger partial charge in [0, 0.05) is 25.4 Å². The number of hydrogen-bond acceptors (Lipinski definition) is 5. The first-order valence-electron chi connectivity index (χ1n) is 9.06. The van der Waals surface area contributed by atoms with Gasteiger partial charge >= 0.3 is 0 Å². The molecule has 1 aromatic carbocycles. The molecule has 1 saturated carbocycles. The number of halogens is 1. The molecular formula is C19H22FN3O3. The zero-order valence-electron chi connectivity index (χ0n) is 14.7. The van der Waals surface area contributed by atoms with Crippen LogP contribution in [0.3, 0.4) is 0 Å². The minimum Gasteiger partial charge on any atom is -0.365 e. The van der Waals surface area contributed by atoms with E-state index in [1.807, 2.05) is 6.92 Å². The van der Waals surface area contributed by atoms with Crippen LogP contribution in [0.1, 0.15) is 55.3 Å². The zero-order chi connectivity index (χ0) is 18.1. The molecule has 138 valence electrons. The molecule has 1 amide bonds. The van der Waals surface area contributed by atoms with Crippen LogP contribution in [0.2, 0.25) is 0 Å². The summed E-state index contributed by atoms with van der Waals surface area (Å²) in [5.74, 6) is 1.34. The molecular weight excluding hydrogens is 337 g/mol. The summed E-state index contributed by atoms with van der Waals surface area (Å²) in [7, 11) is 0. The fraction of sp³-hybridized carbons (Fsp3) is 0.526. The van der Waals surface area contributed by atoms with Crippen molar-refractivity contribution in [1.82, 2.24) is 15.0 Å². The summed E-state index contributed by atoms with van der Waals surface area (Å²) in [5.41, 5.74) is 0.581. The molecule has 0 spiro atoms. The Balaban J connectivity index is 1.20. The van der Waals surface area contributed by atoms with Gasteiger partial charge in [0.2, 0.25) is 5.91 Å². The van der Waals surface area contributed by atoms with E-state index in [0.29, 0.717) is 36.9 Å². The van der Waals surface area contributed by atoms with Gasteiger partial charge in [0.05, 0.1) is 6.10 Å². The van der Waals surface area contributed by atoms with Crippen LogP contribution >= 0.6 is 0 Å². The largest absolute Gasteiger partial charge is 0.365 e. The third-order valence-electron chi connectivity index (χ3n) is 4.99. The van der Waals surface area contributed by atoms with Gasteiger partial charge in [-0.15, -0.1) is 0 Å². The summed E-state index contributed by atoms with van der Waals surface area (Å²) in [6.07, 6.45) is 2.54. The highest BCUT2D eigenvalue weighted by Crippen LogP contribution is 2.38. The number of likely N-dealkylation sites (tertiary alicyclic amines) is 1. The Kier molecular flexibility index (Phi) is 4.72. The van der Waals surface area contributed by atoms with Crippen LogP contribution in [-0.4, -0.2) is 40.1 Å². The van der Waals surface area contributed by atoms with Crippen molar-refractivity contribution in [1.29, 1.82) is 0 Å². The summed E-state index contributed by atoms with van der Waals surface area (Å²) in [5, 5.41) is 3.95. The van der Waals surface area contributed by atoms with Crippen molar-refractivity contribution in [3.05, 3.63) is 47.4 Å². The average Bonchev–Trinajstić information content (AvgIpc) is 3.32. The zero-order valence-corrected chi connectivity index (χ0v) is 14.7. The molecule has 0 radical (unpaired) electrons. The maximum atomic E-state index is 13.8. The van der Waals surface area contributed by atoms with Crippen molar-refractivity contribution < 1.29 is 18.4 Å². The van der Waals surface area contributed by atoms with Crippen molar-refractivity contribution >= 4 is 5.91 Å². The van der Waals surface area contributed by atoms with E-state index in [1.165, 1.54) is 6.07 Å². The van der Waals surface area contributed by atoms with Crippen molar-refractivity contribution in [3.63, 3.8) is 0 Å². The maximum Gasteiger partial charge on any atom is 0.252 e. The SMILES string of the molecule is CC(CC(=O)N1CC(OCc2nc(C3CC3)no2)C1)c1ccccc1F. The molecule has 1 aliphatic carbocycles. The molecule has 1 aromatic heterocycles. The number of carbonyl (C=O) groups is 1. The van der Waals surface area contributed by atoms with Crippen molar-refractivity contribution in [2.45, 2.75) is 50.7 Å². The fourth-order valence-corrected chi connectivity index (χ4v) is 3.15. The number of rotatable bonds is 7. The smallest absolute Gasteiger partial charge is 0.252 e. The Hall–Kier alpha value is -2.28. The summed E-state index contributed by atoms with van der Waals surface area (Å²) in [6.45, 7) is 3.24. The second-order valence-corrected chi connectivity index (χ2v) is 7.18. The van der Waals surface area contributed by atoms with Crippen LogP contribution in [0.25, 0.3) is 0 Å². The van der Waals surface area contributed by atoms with Crippen LogP contribution in [-0.2, 0) is 16.1 Å². The third kappa shape index (κ3) is 3.77. The highest BCUT2D eigenvalue weighted by Gasteiger charge is 2.33. The molecule has 1 atom stereocenters. The molecule has 2 aromatic rings. The summed E-state index contributed by atoms with van der Waals surface area (Å²) in [4.78, 5) is 18.4. The third-order valence-corrected chi connectivity index (χ3v) is 4.99. The fourth-order valence-electron chi connectivity index (χ4n) is 3.15. The number of amides is 1. The van der Waals surface area contributed by atoms with Gasteiger partial charge in [0.1, 0.15) is 12.4 Å². The van der Waals surface area contributed by atoms with Gasteiger partial charge in [-0.25, -0.2) is 4.39 Å². The van der Waals surface area contributed by atoms with Gasteiger partial charge in [0.25, 0.3) is 5.89 Å². The van der Waals surface area contributed by atoms with E-state index in [0.717, 1.165) is 18.7 Å². The number of ether oxygens (including phenoxy) is 1. The Morgan fingerprint density at radius 2 is 2.15 bits per heavy atom. The second kappa shape index (κ2) is 7.15. The van der Waals surface area contributed by atoms with Gasteiger partial charge in [-0.1, -0.05) is 30.3 Å². The van der Waals surface area contributed by atoms with Crippen LogP contribution in [0.5, 0.6) is 0 Å². The van der Waals surface area contributed by atoms with Gasteiger partial charge < -0.3 is 14.2 Å². The summed E-state index contributed by atoms with van der Waals surface area (Å²) < 4.78 is 24.7. The number of nitrogens with zero attached hydrogens (tertiary/aromatic N) is 3. The van der Waals surface area contributed by atoms with Gasteiger partial charge in [-0.3, -0.25) is 4.79 Å². The number of hydrogen-bond donors (Lipinski definition) is 0. The minimum atomic E-state index is -0.261. The molecule has 2 heterocycles. The predicted molar refractivity (Wildman–Crippen MR) is 90.9 cm³/mol. The van der Waals surface area contributed by atoms with Crippen molar-refractivity contribution in [2.24, 2.45) is 0 Å². The Morgan fingerprint density at radius 3 is 2.88 bits per heavy atom. The van der Waals surface area contributed by atoms with E-state index in [1.54, 1.807) is 23.1 Å². The average molecular weight is 359 g/mol. The molecule has 2 fully saturated rings. The van der Waals surface area contributed by atoms with E-state index in [-0.39, 0.29) is 30.4 Å². The molecule has 1 aliphatic heterocycles. The molecule has 1 saturated heterocycles. The van der Waals surface area contributed by atoms with E-state index >= 15 is 0 Å². The van der Waals surface area contributed by atoms with Crippen LogP contribution < -0.4 is 0 Å². The molecule has 1 unspecified atom stereocenters. The number of carbonyl (C=O) groups excluding carboxylic acids is 1. The number of aromatic nitrogens is 2. The standard InChI is InChI=1S/C19H22FN3O3/c1-12(15-4-2-3-5-16(15)20)8-18(24)23-9-14(10-23)25-11-17-21-19(22-26-17)13-6-7-13/h2-5,12-14H,6-11H2,1H3. The van der Waals surface area contributed by atoms with Crippen LogP contribution in [0, 0.1) is 5.82 Å². The minimum absolute atomic E-state index is 0.0148. The molecule has 6 nitrogen and oxygen atoms in total. The first-order chi connectivity index (χ1) is 12.6. The highest BCUT2D eigenvalue weighted by molar-refractivity contribution is 5.78. The Morgan fingerprint density at radius 1 is 1.38 bits per heavy atom. The molecule has 0 N–H and O–H groups in total.